The summed E-state index contributed by atoms with van der Waals surface area (Å²) in [5.74, 6) is 0.0226. The molecule has 0 aliphatic carbocycles. The molecule has 0 fully saturated rings. The van der Waals surface area contributed by atoms with Gasteiger partial charge in [0.25, 0.3) is 0 Å². The SMILES string of the molecule is FC(F)(F)c1cc(Nc2nnc(-c3ccc4cn[nH]c4c3)c3ccccc23)cc(C(F)(F)F)c1. The van der Waals surface area contributed by atoms with E-state index in [0.29, 0.717) is 34.2 Å². The Hall–Kier alpha value is -4.15. The molecule has 0 aliphatic heterocycles. The first-order chi connectivity index (χ1) is 16.1. The Morgan fingerprint density at radius 3 is 2.09 bits per heavy atom. The van der Waals surface area contributed by atoms with E-state index in [-0.39, 0.29) is 11.9 Å². The van der Waals surface area contributed by atoms with Gasteiger partial charge < -0.3 is 5.32 Å². The van der Waals surface area contributed by atoms with E-state index >= 15 is 0 Å². The molecule has 2 N–H and O–H groups in total. The van der Waals surface area contributed by atoms with E-state index in [9.17, 15) is 26.3 Å². The average molecular weight is 473 g/mol. The second-order valence-electron chi connectivity index (χ2n) is 7.53. The molecule has 5 nitrogen and oxygen atoms in total. The summed E-state index contributed by atoms with van der Waals surface area (Å²) in [4.78, 5) is 0. The Morgan fingerprint density at radius 2 is 1.41 bits per heavy atom. The van der Waals surface area contributed by atoms with Gasteiger partial charge in [-0.1, -0.05) is 36.4 Å². The Balaban J connectivity index is 1.62. The summed E-state index contributed by atoms with van der Waals surface area (Å²) >= 11 is 0. The number of anilines is 2. The maximum atomic E-state index is 13.2. The number of halogens is 6. The summed E-state index contributed by atoms with van der Waals surface area (Å²) in [6.45, 7) is 0. The average Bonchev–Trinajstić information content (AvgIpc) is 3.26. The topological polar surface area (TPSA) is 66.5 Å². The van der Waals surface area contributed by atoms with E-state index in [1.807, 2.05) is 18.2 Å². The van der Waals surface area contributed by atoms with E-state index in [1.165, 1.54) is 0 Å². The number of H-pyrrole nitrogens is 1. The fourth-order valence-electron chi connectivity index (χ4n) is 3.66. The van der Waals surface area contributed by atoms with Crippen LogP contribution in [0.4, 0.5) is 37.8 Å². The molecule has 0 aliphatic rings. The minimum atomic E-state index is -4.96. The van der Waals surface area contributed by atoms with Gasteiger partial charge in [-0.15, -0.1) is 10.2 Å². The number of alkyl halides is 6. The van der Waals surface area contributed by atoms with Crippen molar-refractivity contribution >= 4 is 33.2 Å². The lowest BCUT2D eigenvalue weighted by Crippen LogP contribution is -2.12. The third kappa shape index (κ3) is 4.00. The van der Waals surface area contributed by atoms with Crippen LogP contribution >= 0.6 is 0 Å². The van der Waals surface area contributed by atoms with Gasteiger partial charge in [0.15, 0.2) is 5.82 Å². The second kappa shape index (κ2) is 7.72. The van der Waals surface area contributed by atoms with Crippen molar-refractivity contribution in [2.24, 2.45) is 0 Å². The highest BCUT2D eigenvalue weighted by atomic mass is 19.4. The van der Waals surface area contributed by atoms with Gasteiger partial charge in [-0.3, -0.25) is 5.10 Å². The highest BCUT2D eigenvalue weighted by Crippen LogP contribution is 2.39. The Kier molecular flexibility index (Phi) is 4.92. The Morgan fingerprint density at radius 1 is 0.735 bits per heavy atom. The lowest BCUT2D eigenvalue weighted by atomic mass is 10.0. The lowest BCUT2D eigenvalue weighted by Gasteiger charge is -2.16. The Bertz CT molecular complexity index is 1490. The van der Waals surface area contributed by atoms with Gasteiger partial charge in [0.1, 0.15) is 5.69 Å². The molecule has 0 saturated heterocycles. The van der Waals surface area contributed by atoms with Crippen molar-refractivity contribution in [1.29, 1.82) is 0 Å². The van der Waals surface area contributed by atoms with E-state index in [2.05, 4.69) is 25.7 Å². The molecule has 5 aromatic rings. The third-order valence-electron chi connectivity index (χ3n) is 5.25. The van der Waals surface area contributed by atoms with Crippen LogP contribution in [0.25, 0.3) is 32.9 Å². The molecule has 0 amide bonds. The molecule has 0 radical (unpaired) electrons. The van der Waals surface area contributed by atoms with E-state index < -0.39 is 29.2 Å². The maximum Gasteiger partial charge on any atom is 0.416 e. The van der Waals surface area contributed by atoms with Crippen molar-refractivity contribution in [3.63, 3.8) is 0 Å². The van der Waals surface area contributed by atoms with Gasteiger partial charge >= 0.3 is 12.4 Å². The number of benzene rings is 3. The van der Waals surface area contributed by atoms with Crippen LogP contribution in [0, 0.1) is 0 Å². The van der Waals surface area contributed by atoms with Crippen LogP contribution in [-0.4, -0.2) is 20.4 Å². The number of fused-ring (bicyclic) bond motifs is 2. The first-order valence-electron chi connectivity index (χ1n) is 9.85. The zero-order chi connectivity index (χ0) is 24.1. The number of nitrogens with one attached hydrogen (secondary N) is 2. The van der Waals surface area contributed by atoms with Crippen LogP contribution < -0.4 is 5.32 Å². The molecule has 0 bridgehead atoms. The van der Waals surface area contributed by atoms with Crippen molar-refractivity contribution < 1.29 is 26.3 Å². The van der Waals surface area contributed by atoms with Crippen LogP contribution in [0.3, 0.4) is 0 Å². The van der Waals surface area contributed by atoms with Crippen LogP contribution in [0.2, 0.25) is 0 Å². The van der Waals surface area contributed by atoms with Crippen LogP contribution in [-0.2, 0) is 12.4 Å². The molecule has 0 unspecified atom stereocenters. The highest BCUT2D eigenvalue weighted by molar-refractivity contribution is 6.01. The standard InChI is InChI=1S/C23H13F6N5/c24-22(25,26)14-8-15(23(27,28)29)10-16(9-14)31-21-18-4-2-1-3-17(18)20(33-34-21)12-5-6-13-11-30-32-19(13)7-12/h1-11H,(H,30,32)(H,31,34). The normalized spacial score (nSPS) is 12.4. The van der Waals surface area contributed by atoms with E-state index in [4.69, 9.17) is 0 Å². The molecule has 5 rings (SSSR count). The van der Waals surface area contributed by atoms with Crippen LogP contribution in [0.15, 0.2) is 66.9 Å². The summed E-state index contributed by atoms with van der Waals surface area (Å²) in [6.07, 6.45) is -8.25. The van der Waals surface area contributed by atoms with Crippen molar-refractivity contribution in [3.05, 3.63) is 78.0 Å². The van der Waals surface area contributed by atoms with Gasteiger partial charge in [-0.25, -0.2) is 0 Å². The molecule has 0 spiro atoms. The summed E-state index contributed by atoms with van der Waals surface area (Å²) in [7, 11) is 0. The first-order valence-corrected chi connectivity index (χ1v) is 9.85. The van der Waals surface area contributed by atoms with Crippen molar-refractivity contribution in [1.82, 2.24) is 20.4 Å². The largest absolute Gasteiger partial charge is 0.416 e. The molecule has 0 saturated carbocycles. The van der Waals surface area contributed by atoms with Crippen molar-refractivity contribution in [2.45, 2.75) is 12.4 Å². The molecule has 3 aromatic carbocycles. The van der Waals surface area contributed by atoms with Crippen LogP contribution in [0.1, 0.15) is 11.1 Å². The van der Waals surface area contributed by atoms with Gasteiger partial charge in [-0.2, -0.15) is 31.4 Å². The van der Waals surface area contributed by atoms with Gasteiger partial charge in [0.2, 0.25) is 0 Å². The maximum absolute atomic E-state index is 13.2. The summed E-state index contributed by atoms with van der Waals surface area (Å²) in [6, 6.07) is 13.6. The Labute approximate surface area is 187 Å². The summed E-state index contributed by atoms with van der Waals surface area (Å²) in [5, 5.41) is 19.7. The molecule has 0 atom stereocenters. The zero-order valence-corrected chi connectivity index (χ0v) is 17.0. The summed E-state index contributed by atoms with van der Waals surface area (Å²) < 4.78 is 79.4. The van der Waals surface area contributed by atoms with Crippen molar-refractivity contribution in [3.8, 4) is 11.3 Å². The second-order valence-corrected chi connectivity index (χ2v) is 7.53. The fourth-order valence-corrected chi connectivity index (χ4v) is 3.66. The molecule has 11 heteroatoms. The number of hydrogen-bond acceptors (Lipinski definition) is 4. The molecule has 2 heterocycles. The number of aromatic amines is 1. The van der Waals surface area contributed by atoms with Gasteiger partial charge in [0, 0.05) is 27.4 Å². The smallest absolute Gasteiger partial charge is 0.338 e. The molecular weight excluding hydrogens is 460 g/mol. The van der Waals surface area contributed by atoms with E-state index in [0.717, 1.165) is 10.9 Å². The van der Waals surface area contributed by atoms with Gasteiger partial charge in [-0.05, 0) is 24.3 Å². The number of aromatic nitrogens is 4. The molecule has 34 heavy (non-hydrogen) atoms. The fraction of sp³-hybridized carbons (Fsp3) is 0.0870. The molecular formula is C23H13F6N5. The number of rotatable bonds is 3. The monoisotopic (exact) mass is 473 g/mol. The number of hydrogen-bond donors (Lipinski definition) is 2. The molecule has 172 valence electrons. The number of nitrogens with zero attached hydrogens (tertiary/aromatic N) is 3. The highest BCUT2D eigenvalue weighted by Gasteiger charge is 2.37. The predicted octanol–water partition coefficient (Wildman–Crippen LogP) is 6.95. The van der Waals surface area contributed by atoms with Crippen molar-refractivity contribution in [2.75, 3.05) is 5.32 Å². The van der Waals surface area contributed by atoms with Gasteiger partial charge in [0.05, 0.1) is 22.8 Å². The quantitative estimate of drug-likeness (QED) is 0.278. The lowest BCUT2D eigenvalue weighted by molar-refractivity contribution is -0.143. The zero-order valence-electron chi connectivity index (χ0n) is 17.0. The first kappa shape index (κ1) is 21.7. The third-order valence-corrected chi connectivity index (χ3v) is 5.25. The summed E-state index contributed by atoms with van der Waals surface area (Å²) in [5.41, 5.74) is -1.27. The molecule has 2 aromatic heterocycles. The van der Waals surface area contributed by atoms with Crippen LogP contribution in [0.5, 0.6) is 0 Å². The minimum Gasteiger partial charge on any atom is -0.338 e. The minimum absolute atomic E-state index is 0.0226. The predicted molar refractivity (Wildman–Crippen MR) is 114 cm³/mol. The van der Waals surface area contributed by atoms with E-state index in [1.54, 1.807) is 30.5 Å².